The lowest BCUT2D eigenvalue weighted by atomic mass is 10.1. The van der Waals surface area contributed by atoms with Crippen molar-refractivity contribution in [1.29, 1.82) is 0 Å². The van der Waals surface area contributed by atoms with Crippen molar-refractivity contribution < 1.29 is 28.6 Å². The van der Waals surface area contributed by atoms with Gasteiger partial charge >= 0.3 is 17.9 Å². The lowest BCUT2D eigenvalue weighted by Crippen LogP contribution is -2.30. The highest BCUT2D eigenvalue weighted by molar-refractivity contribution is 5.71. The summed E-state index contributed by atoms with van der Waals surface area (Å²) in [5.41, 5.74) is 0. The predicted molar refractivity (Wildman–Crippen MR) is 293 cm³/mol. The second-order valence-electron chi connectivity index (χ2n) is 17.7. The van der Waals surface area contributed by atoms with E-state index in [0.29, 0.717) is 19.3 Å². The minimum Gasteiger partial charge on any atom is -0.462 e. The Hall–Kier alpha value is -4.19. The molecule has 0 aliphatic carbocycles. The summed E-state index contributed by atoms with van der Waals surface area (Å²) < 4.78 is 16.7. The molecule has 0 saturated carbocycles. The zero-order chi connectivity index (χ0) is 49.3. The molecule has 1 unspecified atom stereocenters. The lowest BCUT2D eigenvalue weighted by molar-refractivity contribution is -0.166. The van der Waals surface area contributed by atoms with Gasteiger partial charge in [-0.05, 0) is 116 Å². The summed E-state index contributed by atoms with van der Waals surface area (Å²) in [7, 11) is 0. The van der Waals surface area contributed by atoms with Crippen molar-refractivity contribution in [3.8, 4) is 0 Å². The molecule has 0 fully saturated rings. The van der Waals surface area contributed by atoms with Crippen LogP contribution in [0, 0.1) is 0 Å². The van der Waals surface area contributed by atoms with Crippen LogP contribution in [-0.2, 0) is 28.6 Å². The molecule has 0 aliphatic heterocycles. The maximum atomic E-state index is 12.8. The van der Waals surface area contributed by atoms with Gasteiger partial charge in [0.2, 0.25) is 0 Å². The van der Waals surface area contributed by atoms with Crippen molar-refractivity contribution in [3.63, 3.8) is 0 Å². The topological polar surface area (TPSA) is 78.9 Å². The largest absolute Gasteiger partial charge is 0.462 e. The first-order valence-electron chi connectivity index (χ1n) is 27.5. The zero-order valence-corrected chi connectivity index (χ0v) is 43.8. The summed E-state index contributed by atoms with van der Waals surface area (Å²) in [5, 5.41) is 0. The average Bonchev–Trinajstić information content (AvgIpc) is 3.34. The highest BCUT2D eigenvalue weighted by Gasteiger charge is 2.19. The molecule has 0 amide bonds. The van der Waals surface area contributed by atoms with Crippen molar-refractivity contribution in [1.82, 2.24) is 0 Å². The maximum Gasteiger partial charge on any atom is 0.306 e. The SMILES string of the molecule is CC/C=C\C/C=C\C/C=C\C/C=C\CCCCCCCCCCC(=O)OCC(COC(=O)CC/C=C\C/C=C\C/C=C\C/C=C\CC)OC(=O)CCCCCCC/C=C\C/C=C\CCCCCC. The van der Waals surface area contributed by atoms with Gasteiger partial charge in [-0.3, -0.25) is 14.4 Å². The van der Waals surface area contributed by atoms with Crippen LogP contribution in [0.3, 0.4) is 0 Å². The van der Waals surface area contributed by atoms with Gasteiger partial charge in [0, 0.05) is 19.3 Å². The van der Waals surface area contributed by atoms with Crippen LogP contribution in [0.1, 0.15) is 233 Å². The van der Waals surface area contributed by atoms with Gasteiger partial charge in [0.05, 0.1) is 0 Å². The first kappa shape index (κ1) is 63.8. The third-order valence-corrected chi connectivity index (χ3v) is 11.2. The van der Waals surface area contributed by atoms with E-state index >= 15 is 0 Å². The van der Waals surface area contributed by atoms with Gasteiger partial charge in [-0.2, -0.15) is 0 Å². The van der Waals surface area contributed by atoms with Crippen LogP contribution in [0.5, 0.6) is 0 Å². The molecule has 0 aromatic rings. The third-order valence-electron chi connectivity index (χ3n) is 11.2. The highest BCUT2D eigenvalue weighted by Crippen LogP contribution is 2.13. The zero-order valence-electron chi connectivity index (χ0n) is 43.8. The molecule has 68 heavy (non-hydrogen) atoms. The quantitative estimate of drug-likeness (QED) is 0.0262. The van der Waals surface area contributed by atoms with Crippen LogP contribution in [-0.4, -0.2) is 37.2 Å². The van der Waals surface area contributed by atoms with Crippen molar-refractivity contribution in [2.75, 3.05) is 13.2 Å². The van der Waals surface area contributed by atoms with E-state index in [9.17, 15) is 14.4 Å². The molecular formula is C62H100O6. The molecule has 0 aliphatic rings. The van der Waals surface area contributed by atoms with Crippen molar-refractivity contribution in [2.24, 2.45) is 0 Å². The number of unbranched alkanes of at least 4 members (excludes halogenated alkanes) is 17. The number of carbonyl (C=O) groups excluding carboxylic acids is 3. The van der Waals surface area contributed by atoms with E-state index in [1.54, 1.807) is 0 Å². The molecular weight excluding hydrogens is 841 g/mol. The maximum absolute atomic E-state index is 12.8. The minimum absolute atomic E-state index is 0.113. The highest BCUT2D eigenvalue weighted by atomic mass is 16.6. The van der Waals surface area contributed by atoms with E-state index in [1.807, 2.05) is 12.2 Å². The molecule has 6 nitrogen and oxygen atoms in total. The van der Waals surface area contributed by atoms with Crippen molar-refractivity contribution in [2.45, 2.75) is 239 Å². The van der Waals surface area contributed by atoms with Crippen LogP contribution in [0.25, 0.3) is 0 Å². The fourth-order valence-electron chi connectivity index (χ4n) is 7.12. The number of esters is 3. The molecule has 384 valence electrons. The van der Waals surface area contributed by atoms with Gasteiger partial charge in [0.15, 0.2) is 6.10 Å². The Balaban J connectivity index is 4.47. The number of carbonyl (C=O) groups is 3. The molecule has 0 aromatic heterocycles. The van der Waals surface area contributed by atoms with E-state index < -0.39 is 6.10 Å². The fourth-order valence-corrected chi connectivity index (χ4v) is 7.12. The Bertz CT molecular complexity index is 1450. The molecule has 6 heteroatoms. The lowest BCUT2D eigenvalue weighted by Gasteiger charge is -2.18. The van der Waals surface area contributed by atoms with E-state index in [0.717, 1.165) is 122 Å². The molecule has 0 heterocycles. The number of hydrogen-bond donors (Lipinski definition) is 0. The normalized spacial score (nSPS) is 13.0. The van der Waals surface area contributed by atoms with Gasteiger partial charge < -0.3 is 14.2 Å². The van der Waals surface area contributed by atoms with Crippen molar-refractivity contribution in [3.05, 3.63) is 122 Å². The van der Waals surface area contributed by atoms with Gasteiger partial charge in [-0.25, -0.2) is 0 Å². The van der Waals surface area contributed by atoms with E-state index in [1.165, 1.54) is 64.2 Å². The number of rotatable bonds is 48. The van der Waals surface area contributed by atoms with Crippen LogP contribution < -0.4 is 0 Å². The molecule has 0 bridgehead atoms. The second-order valence-corrected chi connectivity index (χ2v) is 17.7. The monoisotopic (exact) mass is 941 g/mol. The first-order valence-corrected chi connectivity index (χ1v) is 27.5. The Labute approximate surface area is 418 Å². The summed E-state index contributed by atoms with van der Waals surface area (Å²) in [6.07, 6.45) is 76.3. The van der Waals surface area contributed by atoms with E-state index in [4.69, 9.17) is 14.2 Å². The smallest absolute Gasteiger partial charge is 0.306 e. The van der Waals surface area contributed by atoms with E-state index in [-0.39, 0.29) is 37.5 Å². The first-order chi connectivity index (χ1) is 33.5. The Morgan fingerprint density at radius 3 is 0.985 bits per heavy atom. The van der Waals surface area contributed by atoms with Crippen LogP contribution in [0.2, 0.25) is 0 Å². The number of hydrogen-bond acceptors (Lipinski definition) is 6. The molecule has 0 rings (SSSR count). The van der Waals surface area contributed by atoms with Gasteiger partial charge in [0.1, 0.15) is 13.2 Å². The van der Waals surface area contributed by atoms with Crippen molar-refractivity contribution >= 4 is 17.9 Å². The number of ether oxygens (including phenoxy) is 3. The fraction of sp³-hybridized carbons (Fsp3) is 0.629. The molecule has 0 spiro atoms. The summed E-state index contributed by atoms with van der Waals surface area (Å²) in [5.74, 6) is -1.02. The Morgan fingerprint density at radius 2 is 0.603 bits per heavy atom. The summed E-state index contributed by atoms with van der Waals surface area (Å²) in [4.78, 5) is 38.1. The standard InChI is InChI=1S/C62H100O6/c1-4-7-10-13-16-19-22-25-27-29-30-31-32-33-35-37-40-43-46-49-52-55-61(64)67-58-59(57-66-60(63)54-51-48-45-42-39-36-24-21-18-15-12-9-6-3)68-62(65)56-53-50-47-44-41-38-34-28-26-23-20-17-14-11-8-5-2/h7,9-10,12,16,18-21,23,25,27-28,30-31,34,36,39,45,48,59H,4-6,8,11,13-15,17,22,24,26,29,32-33,35,37-38,40-44,46-47,49-58H2,1-3H3/b10-7-,12-9-,19-16-,21-18-,23-20-,27-25-,31-30-,34-28-,39-36-,48-45-. The minimum atomic E-state index is -0.821. The second kappa shape index (κ2) is 55.4. The predicted octanol–water partition coefficient (Wildman–Crippen LogP) is 18.5. The molecule has 0 saturated heterocycles. The summed E-state index contributed by atoms with van der Waals surface area (Å²) >= 11 is 0. The van der Waals surface area contributed by atoms with Gasteiger partial charge in [-0.15, -0.1) is 0 Å². The summed E-state index contributed by atoms with van der Waals surface area (Å²) in [6.45, 7) is 6.30. The number of allylic oxidation sites excluding steroid dienone is 20. The van der Waals surface area contributed by atoms with E-state index in [2.05, 4.69) is 130 Å². The van der Waals surface area contributed by atoms with Gasteiger partial charge in [-0.1, -0.05) is 219 Å². The van der Waals surface area contributed by atoms with Gasteiger partial charge in [0.25, 0.3) is 0 Å². The van der Waals surface area contributed by atoms with Crippen LogP contribution >= 0.6 is 0 Å². The Kier molecular flexibility index (Phi) is 52.0. The molecule has 0 aromatic carbocycles. The van der Waals surface area contributed by atoms with Crippen LogP contribution in [0.4, 0.5) is 0 Å². The molecule has 0 N–H and O–H groups in total. The van der Waals surface area contributed by atoms with Crippen LogP contribution in [0.15, 0.2) is 122 Å². The Morgan fingerprint density at radius 1 is 0.309 bits per heavy atom. The molecule has 1 atom stereocenters. The summed E-state index contributed by atoms with van der Waals surface area (Å²) in [6, 6.07) is 0. The average molecular weight is 941 g/mol. The molecule has 0 radical (unpaired) electrons. The third kappa shape index (κ3) is 52.8.